The van der Waals surface area contributed by atoms with E-state index in [1.54, 1.807) is 0 Å². The van der Waals surface area contributed by atoms with Gasteiger partial charge in [0.05, 0.1) is 12.7 Å². The van der Waals surface area contributed by atoms with Crippen LogP contribution < -0.4 is 10.6 Å². The maximum absolute atomic E-state index is 12.1. The summed E-state index contributed by atoms with van der Waals surface area (Å²) in [6.07, 6.45) is 5.36. The molecule has 2 fully saturated rings. The van der Waals surface area contributed by atoms with Crippen molar-refractivity contribution < 1.29 is 14.3 Å². The molecule has 0 spiro atoms. The minimum absolute atomic E-state index is 0.00873. The van der Waals surface area contributed by atoms with E-state index in [0.29, 0.717) is 6.61 Å². The molecule has 122 valence electrons. The molecular formula is C16H30N2O3. The van der Waals surface area contributed by atoms with Crippen molar-refractivity contribution in [3.05, 3.63) is 0 Å². The van der Waals surface area contributed by atoms with E-state index in [1.807, 2.05) is 6.92 Å². The smallest absolute Gasteiger partial charge is 0.248 e. The first-order chi connectivity index (χ1) is 10.1. The third-order valence-electron chi connectivity index (χ3n) is 4.68. The van der Waals surface area contributed by atoms with Gasteiger partial charge in [-0.05, 0) is 57.5 Å². The number of amides is 1. The van der Waals surface area contributed by atoms with Crippen LogP contribution in [0.1, 0.15) is 46.0 Å². The Morgan fingerprint density at radius 2 is 2.19 bits per heavy atom. The summed E-state index contributed by atoms with van der Waals surface area (Å²) in [5.74, 6) is -0.00873. The molecule has 2 aliphatic heterocycles. The first-order valence-corrected chi connectivity index (χ1v) is 8.31. The number of hydrogen-bond donors (Lipinski definition) is 2. The first-order valence-electron chi connectivity index (χ1n) is 8.31. The molecule has 0 aromatic carbocycles. The van der Waals surface area contributed by atoms with Crippen molar-refractivity contribution in [3.8, 4) is 0 Å². The van der Waals surface area contributed by atoms with Crippen LogP contribution in [0.4, 0.5) is 0 Å². The number of carbonyl (C=O) groups is 1. The highest BCUT2D eigenvalue weighted by atomic mass is 16.5. The summed E-state index contributed by atoms with van der Waals surface area (Å²) in [7, 11) is 0. The topological polar surface area (TPSA) is 59.6 Å². The Kier molecular flexibility index (Phi) is 6.45. The summed E-state index contributed by atoms with van der Waals surface area (Å²) in [5.41, 5.74) is 0.215. The standard InChI is InChI=1S/C16H30N2O3/c1-13(21-11-14-5-3-4-10-20-14)15(19)18-12-16(2)6-8-17-9-7-16/h13-14,17H,3-12H2,1-2H3,(H,18,19). The lowest BCUT2D eigenvalue weighted by atomic mass is 9.81. The third kappa shape index (κ3) is 5.57. The molecule has 5 nitrogen and oxygen atoms in total. The fourth-order valence-corrected chi connectivity index (χ4v) is 2.92. The zero-order valence-electron chi connectivity index (χ0n) is 13.5. The highest BCUT2D eigenvalue weighted by Gasteiger charge is 2.28. The van der Waals surface area contributed by atoms with Crippen LogP contribution in [0.5, 0.6) is 0 Å². The maximum Gasteiger partial charge on any atom is 0.248 e. The van der Waals surface area contributed by atoms with Crippen molar-refractivity contribution >= 4 is 5.91 Å². The van der Waals surface area contributed by atoms with Crippen molar-refractivity contribution in [2.75, 3.05) is 32.8 Å². The van der Waals surface area contributed by atoms with Crippen LogP contribution in [-0.4, -0.2) is 51.0 Å². The zero-order valence-corrected chi connectivity index (χ0v) is 13.5. The molecule has 0 aliphatic carbocycles. The van der Waals surface area contributed by atoms with Crippen LogP contribution in [0.3, 0.4) is 0 Å². The van der Waals surface area contributed by atoms with E-state index in [2.05, 4.69) is 17.6 Å². The molecule has 0 aromatic rings. The van der Waals surface area contributed by atoms with Gasteiger partial charge in [0.15, 0.2) is 0 Å². The summed E-state index contributed by atoms with van der Waals surface area (Å²) >= 11 is 0. The second-order valence-corrected chi connectivity index (χ2v) is 6.74. The van der Waals surface area contributed by atoms with Gasteiger partial charge in [0.1, 0.15) is 6.10 Å². The van der Waals surface area contributed by atoms with E-state index in [4.69, 9.17) is 9.47 Å². The van der Waals surface area contributed by atoms with Gasteiger partial charge in [-0.1, -0.05) is 6.92 Å². The summed E-state index contributed by atoms with van der Waals surface area (Å²) in [6.45, 7) is 8.23. The molecule has 2 aliphatic rings. The largest absolute Gasteiger partial charge is 0.376 e. The van der Waals surface area contributed by atoms with E-state index >= 15 is 0 Å². The average Bonchev–Trinajstić information content (AvgIpc) is 2.52. The Hall–Kier alpha value is -0.650. The lowest BCUT2D eigenvalue weighted by Gasteiger charge is -2.34. The second-order valence-electron chi connectivity index (χ2n) is 6.74. The van der Waals surface area contributed by atoms with Crippen molar-refractivity contribution in [1.82, 2.24) is 10.6 Å². The van der Waals surface area contributed by atoms with Gasteiger partial charge < -0.3 is 20.1 Å². The van der Waals surface area contributed by atoms with Crippen molar-refractivity contribution in [2.24, 2.45) is 5.41 Å². The van der Waals surface area contributed by atoms with E-state index in [9.17, 15) is 4.79 Å². The number of nitrogens with one attached hydrogen (secondary N) is 2. The molecule has 2 atom stereocenters. The van der Waals surface area contributed by atoms with Gasteiger partial charge in [-0.2, -0.15) is 0 Å². The van der Waals surface area contributed by atoms with Crippen molar-refractivity contribution in [3.63, 3.8) is 0 Å². The van der Waals surface area contributed by atoms with Crippen LogP contribution in [0.25, 0.3) is 0 Å². The average molecular weight is 298 g/mol. The summed E-state index contributed by atoms with van der Waals surface area (Å²) < 4.78 is 11.3. The molecule has 1 amide bonds. The lowest BCUT2D eigenvalue weighted by molar-refractivity contribution is -0.136. The molecule has 2 unspecified atom stereocenters. The van der Waals surface area contributed by atoms with Crippen LogP contribution >= 0.6 is 0 Å². The second kappa shape index (κ2) is 8.11. The van der Waals surface area contributed by atoms with Gasteiger partial charge in [-0.15, -0.1) is 0 Å². The fraction of sp³-hybridized carbons (Fsp3) is 0.938. The highest BCUT2D eigenvalue weighted by Crippen LogP contribution is 2.26. The van der Waals surface area contributed by atoms with Crippen LogP contribution in [-0.2, 0) is 14.3 Å². The Bertz CT molecular complexity index is 323. The molecule has 0 bridgehead atoms. The number of ether oxygens (including phenoxy) is 2. The van der Waals surface area contributed by atoms with Crippen LogP contribution in [0.15, 0.2) is 0 Å². The van der Waals surface area contributed by atoms with Crippen molar-refractivity contribution in [2.45, 2.75) is 58.2 Å². The van der Waals surface area contributed by atoms with Gasteiger partial charge in [-0.25, -0.2) is 0 Å². The third-order valence-corrected chi connectivity index (χ3v) is 4.68. The quantitative estimate of drug-likeness (QED) is 0.779. The van der Waals surface area contributed by atoms with Crippen LogP contribution in [0, 0.1) is 5.41 Å². The normalized spacial score (nSPS) is 27.0. The maximum atomic E-state index is 12.1. The minimum Gasteiger partial charge on any atom is -0.376 e. The van der Waals surface area contributed by atoms with E-state index in [0.717, 1.165) is 51.9 Å². The van der Waals surface area contributed by atoms with Gasteiger partial charge in [0.2, 0.25) is 5.91 Å². The van der Waals surface area contributed by atoms with Gasteiger partial charge in [-0.3, -0.25) is 4.79 Å². The molecule has 21 heavy (non-hydrogen) atoms. The molecule has 2 saturated heterocycles. The number of rotatable bonds is 6. The van der Waals surface area contributed by atoms with E-state index < -0.39 is 6.10 Å². The predicted molar refractivity (Wildman–Crippen MR) is 82.2 cm³/mol. The predicted octanol–water partition coefficient (Wildman–Crippen LogP) is 1.47. The molecule has 2 N–H and O–H groups in total. The zero-order chi connectivity index (χ0) is 15.1. The number of hydrogen-bond acceptors (Lipinski definition) is 4. The Balaban J connectivity index is 1.64. The fourth-order valence-electron chi connectivity index (χ4n) is 2.92. The number of piperidine rings is 1. The van der Waals surface area contributed by atoms with E-state index in [1.165, 1.54) is 6.42 Å². The van der Waals surface area contributed by atoms with Gasteiger partial charge >= 0.3 is 0 Å². The lowest BCUT2D eigenvalue weighted by Crippen LogP contribution is -2.45. The molecule has 2 rings (SSSR count). The Morgan fingerprint density at radius 3 is 2.86 bits per heavy atom. The first kappa shape index (κ1) is 16.7. The highest BCUT2D eigenvalue weighted by molar-refractivity contribution is 5.80. The Labute approximate surface area is 128 Å². The number of carbonyl (C=O) groups excluding carboxylic acids is 1. The molecule has 2 heterocycles. The van der Waals surface area contributed by atoms with Crippen molar-refractivity contribution in [1.29, 1.82) is 0 Å². The summed E-state index contributed by atoms with van der Waals surface area (Å²) in [6, 6.07) is 0. The molecule has 0 saturated carbocycles. The summed E-state index contributed by atoms with van der Waals surface area (Å²) in [5, 5.41) is 6.40. The summed E-state index contributed by atoms with van der Waals surface area (Å²) in [4.78, 5) is 12.1. The van der Waals surface area contributed by atoms with Gasteiger partial charge in [0, 0.05) is 13.2 Å². The molecular weight excluding hydrogens is 268 g/mol. The molecule has 0 aromatic heterocycles. The monoisotopic (exact) mass is 298 g/mol. The van der Waals surface area contributed by atoms with E-state index in [-0.39, 0.29) is 17.4 Å². The van der Waals surface area contributed by atoms with Gasteiger partial charge in [0.25, 0.3) is 0 Å². The SMILES string of the molecule is CC(OCC1CCCCO1)C(=O)NCC1(C)CCNCC1. The molecule has 5 heteroatoms. The minimum atomic E-state index is -0.402. The Morgan fingerprint density at radius 1 is 1.43 bits per heavy atom. The van der Waals surface area contributed by atoms with Crippen LogP contribution in [0.2, 0.25) is 0 Å². The molecule has 0 radical (unpaired) electrons.